The van der Waals surface area contributed by atoms with Crippen molar-refractivity contribution >= 4 is 28.4 Å². The van der Waals surface area contributed by atoms with E-state index in [9.17, 15) is 9.59 Å². The molecule has 23 heavy (non-hydrogen) atoms. The van der Waals surface area contributed by atoms with Gasteiger partial charge in [-0.2, -0.15) is 5.10 Å². The molecule has 2 amide bonds. The summed E-state index contributed by atoms with van der Waals surface area (Å²) in [5.41, 5.74) is 2.32. The van der Waals surface area contributed by atoms with Gasteiger partial charge in [0.15, 0.2) is 0 Å². The molecule has 116 valence electrons. The van der Waals surface area contributed by atoms with Gasteiger partial charge in [0.2, 0.25) is 0 Å². The fourth-order valence-corrected chi connectivity index (χ4v) is 2.30. The summed E-state index contributed by atoms with van der Waals surface area (Å²) in [5.74, 6) is -1.25. The summed E-state index contributed by atoms with van der Waals surface area (Å²) in [6.07, 6.45) is 1.69. The van der Waals surface area contributed by atoms with E-state index in [1.54, 1.807) is 25.4 Å². The van der Waals surface area contributed by atoms with E-state index >= 15 is 0 Å². The van der Waals surface area contributed by atoms with E-state index in [0.717, 1.165) is 16.5 Å². The van der Waals surface area contributed by atoms with Crippen LogP contribution in [0.3, 0.4) is 0 Å². The molecule has 0 aliphatic heterocycles. The molecule has 0 atom stereocenters. The lowest BCUT2D eigenvalue weighted by atomic mass is 10.2. The Morgan fingerprint density at radius 3 is 2.74 bits per heavy atom. The fraction of sp³-hybridized carbons (Fsp3) is 0.118. The van der Waals surface area contributed by atoms with E-state index in [1.165, 1.54) is 4.90 Å². The number of aromatic nitrogens is 2. The number of carbonyl (C=O) groups is 2. The first-order valence-electron chi connectivity index (χ1n) is 7.17. The van der Waals surface area contributed by atoms with Crippen molar-refractivity contribution in [3.05, 3.63) is 60.3 Å². The van der Waals surface area contributed by atoms with E-state index < -0.39 is 11.8 Å². The number of aromatic amines is 1. The summed E-state index contributed by atoms with van der Waals surface area (Å²) in [4.78, 5) is 25.6. The van der Waals surface area contributed by atoms with Crippen LogP contribution in [0.2, 0.25) is 0 Å². The topological polar surface area (TPSA) is 78.1 Å². The second-order valence-corrected chi connectivity index (χ2v) is 5.27. The number of nitrogens with zero attached hydrogens (tertiary/aromatic N) is 2. The Morgan fingerprint density at radius 2 is 1.96 bits per heavy atom. The van der Waals surface area contributed by atoms with Gasteiger partial charge in [-0.05, 0) is 23.8 Å². The van der Waals surface area contributed by atoms with Gasteiger partial charge in [0, 0.05) is 24.7 Å². The van der Waals surface area contributed by atoms with Crippen LogP contribution in [-0.2, 0) is 16.1 Å². The number of hydrogen-bond acceptors (Lipinski definition) is 3. The summed E-state index contributed by atoms with van der Waals surface area (Å²) < 4.78 is 0. The van der Waals surface area contributed by atoms with Crippen LogP contribution in [0.25, 0.3) is 10.9 Å². The van der Waals surface area contributed by atoms with Crippen molar-refractivity contribution in [1.29, 1.82) is 0 Å². The second-order valence-electron chi connectivity index (χ2n) is 5.27. The highest BCUT2D eigenvalue weighted by atomic mass is 16.2. The quantitative estimate of drug-likeness (QED) is 0.728. The summed E-state index contributed by atoms with van der Waals surface area (Å²) in [6.45, 7) is 0.382. The Hall–Kier alpha value is -3.15. The Balaban J connectivity index is 1.65. The number of anilines is 1. The molecule has 6 nitrogen and oxygen atoms in total. The van der Waals surface area contributed by atoms with Crippen LogP contribution in [0.1, 0.15) is 5.56 Å². The SMILES string of the molecule is CN(Cc1ccccc1)C(=O)C(=O)Nc1ccc2cn[nH]c2c1. The van der Waals surface area contributed by atoms with Gasteiger partial charge in [-0.1, -0.05) is 30.3 Å². The number of carbonyl (C=O) groups excluding carboxylic acids is 2. The average molecular weight is 308 g/mol. The van der Waals surface area contributed by atoms with Crippen LogP contribution >= 0.6 is 0 Å². The van der Waals surface area contributed by atoms with Crippen molar-refractivity contribution in [2.75, 3.05) is 12.4 Å². The molecule has 1 heterocycles. The maximum atomic E-state index is 12.2. The molecule has 2 N–H and O–H groups in total. The molecule has 0 spiro atoms. The number of fused-ring (bicyclic) bond motifs is 1. The highest BCUT2D eigenvalue weighted by Gasteiger charge is 2.19. The number of nitrogens with one attached hydrogen (secondary N) is 2. The van der Waals surface area contributed by atoms with Gasteiger partial charge >= 0.3 is 11.8 Å². The minimum absolute atomic E-state index is 0.382. The Kier molecular flexibility index (Phi) is 4.05. The molecule has 0 unspecified atom stereocenters. The molecule has 2 aromatic carbocycles. The van der Waals surface area contributed by atoms with E-state index in [2.05, 4.69) is 15.5 Å². The summed E-state index contributed by atoms with van der Waals surface area (Å²) >= 11 is 0. The fourth-order valence-electron chi connectivity index (χ4n) is 2.30. The predicted molar refractivity (Wildman–Crippen MR) is 87.6 cm³/mol. The predicted octanol–water partition coefficient (Wildman–Crippen LogP) is 2.16. The van der Waals surface area contributed by atoms with Crippen molar-refractivity contribution < 1.29 is 9.59 Å². The summed E-state index contributed by atoms with van der Waals surface area (Å²) in [7, 11) is 1.60. The molecule has 0 aliphatic rings. The van der Waals surface area contributed by atoms with Gasteiger partial charge in [0.1, 0.15) is 0 Å². The third-order valence-corrected chi connectivity index (χ3v) is 3.50. The van der Waals surface area contributed by atoms with Crippen LogP contribution < -0.4 is 5.32 Å². The monoisotopic (exact) mass is 308 g/mol. The molecule has 1 aromatic heterocycles. The van der Waals surface area contributed by atoms with Gasteiger partial charge in [-0.3, -0.25) is 14.7 Å². The Morgan fingerprint density at radius 1 is 1.17 bits per heavy atom. The van der Waals surface area contributed by atoms with Crippen molar-refractivity contribution in [3.63, 3.8) is 0 Å². The molecule has 0 bridgehead atoms. The van der Waals surface area contributed by atoms with Crippen LogP contribution in [0.15, 0.2) is 54.7 Å². The summed E-state index contributed by atoms with van der Waals surface area (Å²) in [6, 6.07) is 14.8. The maximum absolute atomic E-state index is 12.2. The third-order valence-electron chi connectivity index (χ3n) is 3.50. The van der Waals surface area contributed by atoms with E-state index in [-0.39, 0.29) is 0 Å². The van der Waals surface area contributed by atoms with Crippen LogP contribution in [0.4, 0.5) is 5.69 Å². The highest BCUT2D eigenvalue weighted by Crippen LogP contribution is 2.16. The molecule has 3 rings (SSSR count). The summed E-state index contributed by atoms with van der Waals surface area (Å²) in [5, 5.41) is 10.3. The van der Waals surface area contributed by atoms with Crippen LogP contribution in [-0.4, -0.2) is 34.0 Å². The van der Waals surface area contributed by atoms with Gasteiger partial charge in [0.25, 0.3) is 0 Å². The Bertz CT molecular complexity index is 842. The number of hydrogen-bond donors (Lipinski definition) is 2. The normalized spacial score (nSPS) is 10.5. The van der Waals surface area contributed by atoms with Crippen molar-refractivity contribution in [1.82, 2.24) is 15.1 Å². The molecule has 6 heteroatoms. The number of rotatable bonds is 3. The smallest absolute Gasteiger partial charge is 0.313 e. The lowest BCUT2D eigenvalue weighted by Crippen LogP contribution is -2.36. The van der Waals surface area contributed by atoms with E-state index in [0.29, 0.717) is 12.2 Å². The van der Waals surface area contributed by atoms with Crippen molar-refractivity contribution in [2.45, 2.75) is 6.54 Å². The lowest BCUT2D eigenvalue weighted by Gasteiger charge is -2.16. The van der Waals surface area contributed by atoms with Gasteiger partial charge in [-0.25, -0.2) is 0 Å². The van der Waals surface area contributed by atoms with Crippen LogP contribution in [0, 0.1) is 0 Å². The molecular weight excluding hydrogens is 292 g/mol. The molecule has 0 fully saturated rings. The number of amides is 2. The molecule has 0 aliphatic carbocycles. The van der Waals surface area contributed by atoms with E-state index in [4.69, 9.17) is 0 Å². The largest absolute Gasteiger partial charge is 0.333 e. The minimum atomic E-state index is -0.665. The first kappa shape index (κ1) is 14.8. The van der Waals surface area contributed by atoms with Gasteiger partial charge in [0.05, 0.1) is 11.7 Å². The lowest BCUT2D eigenvalue weighted by molar-refractivity contribution is -0.142. The number of benzene rings is 2. The minimum Gasteiger partial charge on any atom is -0.333 e. The zero-order valence-corrected chi connectivity index (χ0v) is 12.6. The first-order chi connectivity index (χ1) is 11.1. The van der Waals surface area contributed by atoms with Crippen molar-refractivity contribution in [2.24, 2.45) is 0 Å². The van der Waals surface area contributed by atoms with E-state index in [1.807, 2.05) is 36.4 Å². The molecule has 0 radical (unpaired) electrons. The third kappa shape index (κ3) is 3.37. The molecule has 0 saturated heterocycles. The Labute approximate surface area is 133 Å². The molecular formula is C17H16N4O2. The van der Waals surface area contributed by atoms with Gasteiger partial charge in [-0.15, -0.1) is 0 Å². The molecule has 3 aromatic rings. The average Bonchev–Trinajstić information content (AvgIpc) is 3.02. The van der Waals surface area contributed by atoms with Crippen LogP contribution in [0.5, 0.6) is 0 Å². The highest BCUT2D eigenvalue weighted by molar-refractivity contribution is 6.39. The maximum Gasteiger partial charge on any atom is 0.313 e. The molecule has 0 saturated carbocycles. The zero-order chi connectivity index (χ0) is 16.2. The van der Waals surface area contributed by atoms with Crippen molar-refractivity contribution in [3.8, 4) is 0 Å². The van der Waals surface area contributed by atoms with Gasteiger partial charge < -0.3 is 10.2 Å². The zero-order valence-electron chi connectivity index (χ0n) is 12.6. The number of likely N-dealkylation sites (N-methyl/N-ethyl adjacent to an activating group) is 1. The number of H-pyrrole nitrogens is 1. The second kappa shape index (κ2) is 6.31. The standard InChI is InChI=1S/C17H16N4O2/c1-21(11-12-5-3-2-4-6-12)17(23)16(22)19-14-8-7-13-10-18-20-15(13)9-14/h2-10H,11H2,1H3,(H,18,20)(H,19,22). The first-order valence-corrected chi connectivity index (χ1v) is 7.17.